The third-order valence-electron chi connectivity index (χ3n) is 4.46. The molecule has 2 aromatic rings. The average Bonchev–Trinajstić information content (AvgIpc) is 3.40. The number of pyridine rings is 1. The number of hydrogen-bond donors (Lipinski definition) is 2. The summed E-state index contributed by atoms with van der Waals surface area (Å²) >= 11 is 0. The Kier molecular flexibility index (Phi) is 3.03. The van der Waals surface area contributed by atoms with Crippen LogP contribution in [-0.2, 0) is 6.54 Å². The van der Waals surface area contributed by atoms with Gasteiger partial charge in [-0.25, -0.2) is 0 Å². The molecule has 0 spiro atoms. The zero-order valence-corrected chi connectivity index (χ0v) is 11.5. The lowest BCUT2D eigenvalue weighted by Gasteiger charge is -2.17. The summed E-state index contributed by atoms with van der Waals surface area (Å²) in [5, 5.41) is 11.1. The number of nitrogens with one attached hydrogen (secondary N) is 2. The van der Waals surface area contributed by atoms with Crippen molar-refractivity contribution < 1.29 is 0 Å². The molecule has 2 fully saturated rings. The molecule has 0 bridgehead atoms. The van der Waals surface area contributed by atoms with Crippen LogP contribution in [0, 0.1) is 11.8 Å². The summed E-state index contributed by atoms with van der Waals surface area (Å²) in [7, 11) is 0. The first-order valence-corrected chi connectivity index (χ1v) is 7.58. The molecule has 4 heteroatoms. The van der Waals surface area contributed by atoms with E-state index in [0.29, 0.717) is 0 Å². The minimum atomic E-state index is 0.728. The molecule has 0 aliphatic heterocycles. The van der Waals surface area contributed by atoms with Crippen molar-refractivity contribution in [1.29, 1.82) is 0 Å². The summed E-state index contributed by atoms with van der Waals surface area (Å²) in [6.07, 6.45) is 11.3. The van der Waals surface area contributed by atoms with E-state index in [1.54, 1.807) is 6.20 Å². The van der Waals surface area contributed by atoms with Gasteiger partial charge in [0.2, 0.25) is 0 Å². The monoisotopic (exact) mass is 268 g/mol. The van der Waals surface area contributed by atoms with Crippen LogP contribution in [0.3, 0.4) is 0 Å². The molecule has 2 aromatic heterocycles. The number of H-pyrrole nitrogens is 1. The molecule has 20 heavy (non-hydrogen) atoms. The van der Waals surface area contributed by atoms with Crippen molar-refractivity contribution in [2.24, 2.45) is 11.8 Å². The van der Waals surface area contributed by atoms with Crippen LogP contribution in [0.5, 0.6) is 0 Å². The van der Waals surface area contributed by atoms with Crippen molar-refractivity contribution in [2.45, 2.75) is 38.3 Å². The Bertz CT molecular complexity index is 557. The Hall–Kier alpha value is -1.68. The number of rotatable bonds is 6. The van der Waals surface area contributed by atoms with Gasteiger partial charge in [0.15, 0.2) is 0 Å². The van der Waals surface area contributed by atoms with Crippen LogP contribution < -0.4 is 5.32 Å². The number of nitrogens with zero attached hydrogens (tertiary/aromatic N) is 2. The van der Waals surface area contributed by atoms with Crippen LogP contribution in [0.4, 0.5) is 0 Å². The minimum absolute atomic E-state index is 0.728. The maximum Gasteiger partial charge on any atom is 0.0710 e. The maximum absolute atomic E-state index is 4.20. The van der Waals surface area contributed by atoms with Gasteiger partial charge in [-0.1, -0.05) is 0 Å². The minimum Gasteiger partial charge on any atom is -0.309 e. The molecular formula is C16H20N4. The zero-order chi connectivity index (χ0) is 13.4. The van der Waals surface area contributed by atoms with E-state index in [-0.39, 0.29) is 0 Å². The van der Waals surface area contributed by atoms with Crippen molar-refractivity contribution in [1.82, 2.24) is 20.5 Å². The third-order valence-corrected chi connectivity index (χ3v) is 4.46. The Morgan fingerprint density at radius 2 is 2.00 bits per heavy atom. The van der Waals surface area contributed by atoms with Crippen LogP contribution in [0.2, 0.25) is 0 Å². The highest BCUT2D eigenvalue weighted by Crippen LogP contribution is 2.44. The maximum atomic E-state index is 4.20. The van der Waals surface area contributed by atoms with E-state index < -0.39 is 0 Å². The van der Waals surface area contributed by atoms with E-state index in [1.807, 2.05) is 18.5 Å². The van der Waals surface area contributed by atoms with Crippen LogP contribution in [0.25, 0.3) is 11.3 Å². The molecule has 2 N–H and O–H groups in total. The molecule has 2 heterocycles. The molecule has 2 saturated carbocycles. The quantitative estimate of drug-likeness (QED) is 0.847. The van der Waals surface area contributed by atoms with Crippen LogP contribution >= 0.6 is 0 Å². The Balaban J connectivity index is 1.48. The second-order valence-electron chi connectivity index (χ2n) is 6.09. The van der Waals surface area contributed by atoms with Gasteiger partial charge in [-0.3, -0.25) is 10.1 Å². The molecular weight excluding hydrogens is 248 g/mol. The first kappa shape index (κ1) is 12.1. The second-order valence-corrected chi connectivity index (χ2v) is 6.09. The normalized spacial score (nSPS) is 18.6. The van der Waals surface area contributed by atoms with Crippen molar-refractivity contribution in [3.63, 3.8) is 0 Å². The van der Waals surface area contributed by atoms with Crippen LogP contribution in [-0.4, -0.2) is 21.2 Å². The largest absolute Gasteiger partial charge is 0.309 e. The van der Waals surface area contributed by atoms with Crippen molar-refractivity contribution in [3.8, 4) is 11.3 Å². The zero-order valence-electron chi connectivity index (χ0n) is 11.5. The Morgan fingerprint density at radius 1 is 1.20 bits per heavy atom. The molecule has 4 nitrogen and oxygen atoms in total. The van der Waals surface area contributed by atoms with Crippen molar-refractivity contribution >= 4 is 0 Å². The van der Waals surface area contributed by atoms with E-state index >= 15 is 0 Å². The van der Waals surface area contributed by atoms with E-state index in [4.69, 9.17) is 0 Å². The molecule has 2 aliphatic carbocycles. The summed E-state index contributed by atoms with van der Waals surface area (Å²) in [4.78, 5) is 4.19. The predicted octanol–water partition coefficient (Wildman–Crippen LogP) is 2.75. The van der Waals surface area contributed by atoms with Crippen molar-refractivity contribution in [2.75, 3.05) is 0 Å². The number of aromatic amines is 1. The second kappa shape index (κ2) is 5.02. The van der Waals surface area contributed by atoms with E-state index in [0.717, 1.165) is 35.7 Å². The highest BCUT2D eigenvalue weighted by atomic mass is 15.1. The summed E-state index contributed by atoms with van der Waals surface area (Å²) in [5.41, 5.74) is 3.44. The van der Waals surface area contributed by atoms with E-state index in [2.05, 4.69) is 26.6 Å². The van der Waals surface area contributed by atoms with E-state index in [9.17, 15) is 0 Å². The predicted molar refractivity (Wildman–Crippen MR) is 77.9 cm³/mol. The number of aromatic nitrogens is 3. The summed E-state index contributed by atoms with van der Waals surface area (Å²) in [6.45, 7) is 0.901. The standard InChI is InChI=1S/C16H20N4/c1-2-13(8-17-7-1)16-14(10-19-20-16)9-18-15(11-3-4-11)12-5-6-12/h1-2,7-8,10-12,15,18H,3-6,9H2,(H,19,20). The summed E-state index contributed by atoms with van der Waals surface area (Å²) in [6, 6.07) is 4.76. The third kappa shape index (κ3) is 2.48. The lowest BCUT2D eigenvalue weighted by Crippen LogP contribution is -2.32. The average molecular weight is 268 g/mol. The Labute approximate surface area is 119 Å². The van der Waals surface area contributed by atoms with Crippen LogP contribution in [0.1, 0.15) is 31.2 Å². The lowest BCUT2D eigenvalue weighted by molar-refractivity contribution is 0.416. The van der Waals surface area contributed by atoms with Gasteiger partial charge < -0.3 is 5.32 Å². The first-order chi connectivity index (χ1) is 9.92. The molecule has 0 saturated heterocycles. The molecule has 2 aliphatic rings. The van der Waals surface area contributed by atoms with Gasteiger partial charge in [-0.2, -0.15) is 5.10 Å². The van der Waals surface area contributed by atoms with Gasteiger partial charge in [0, 0.05) is 36.1 Å². The lowest BCUT2D eigenvalue weighted by atomic mass is 10.1. The molecule has 104 valence electrons. The fourth-order valence-electron chi connectivity index (χ4n) is 3.06. The van der Waals surface area contributed by atoms with Gasteiger partial charge in [0.1, 0.15) is 0 Å². The molecule has 4 rings (SSSR count). The fourth-order valence-corrected chi connectivity index (χ4v) is 3.06. The van der Waals surface area contributed by atoms with Crippen LogP contribution in [0.15, 0.2) is 30.7 Å². The van der Waals surface area contributed by atoms with Gasteiger partial charge in [-0.05, 0) is 49.7 Å². The molecule has 0 radical (unpaired) electrons. The smallest absolute Gasteiger partial charge is 0.0710 e. The Morgan fingerprint density at radius 3 is 2.65 bits per heavy atom. The topological polar surface area (TPSA) is 53.6 Å². The number of hydrogen-bond acceptors (Lipinski definition) is 3. The van der Waals surface area contributed by atoms with Gasteiger partial charge in [-0.15, -0.1) is 0 Å². The summed E-state index contributed by atoms with van der Waals surface area (Å²) in [5.74, 6) is 1.85. The first-order valence-electron chi connectivity index (χ1n) is 7.58. The SMILES string of the molecule is c1cncc(-c2[nH]ncc2CNC(C2CC2)C2CC2)c1. The summed E-state index contributed by atoms with van der Waals surface area (Å²) < 4.78 is 0. The van der Waals surface area contributed by atoms with Gasteiger partial charge in [0.05, 0.1) is 11.9 Å². The molecule has 0 atom stereocenters. The van der Waals surface area contributed by atoms with Gasteiger partial charge >= 0.3 is 0 Å². The molecule has 0 amide bonds. The van der Waals surface area contributed by atoms with Gasteiger partial charge in [0.25, 0.3) is 0 Å². The highest BCUT2D eigenvalue weighted by Gasteiger charge is 2.41. The molecule has 0 unspecified atom stereocenters. The fraction of sp³-hybridized carbons (Fsp3) is 0.500. The molecule has 0 aromatic carbocycles. The van der Waals surface area contributed by atoms with Crippen molar-refractivity contribution in [3.05, 3.63) is 36.3 Å². The highest BCUT2D eigenvalue weighted by molar-refractivity contribution is 5.61. The van der Waals surface area contributed by atoms with E-state index in [1.165, 1.54) is 31.2 Å².